The Labute approximate surface area is 169 Å². The SMILES string of the molecule is O=[N+]([O-])c1ccc(SNc2cc(C(F)(F)F)ccc2Cl)c(C(Cl)(Cl)Cl)c1. The van der Waals surface area contributed by atoms with E-state index in [1.807, 2.05) is 0 Å². The average Bonchev–Trinajstić information content (AvgIpc) is 2.51. The Morgan fingerprint density at radius 1 is 1.08 bits per heavy atom. The highest BCUT2D eigenvalue weighted by molar-refractivity contribution is 8.00. The first kappa shape index (κ1) is 21.2. The molecule has 0 aromatic heterocycles. The first-order valence-corrected chi connectivity index (χ1v) is 8.87. The van der Waals surface area contributed by atoms with Crippen molar-refractivity contribution in [1.82, 2.24) is 0 Å². The van der Waals surface area contributed by atoms with E-state index in [0.29, 0.717) is 0 Å². The summed E-state index contributed by atoms with van der Waals surface area (Å²) in [7, 11) is 0. The standard InChI is InChI=1S/C14H7Cl4F3N2O2S/c15-10-3-1-7(14(19,20)21)5-11(10)22-26-12-4-2-8(23(24)25)6-9(12)13(16,17)18/h1-6,22H. The zero-order chi connectivity index (χ0) is 19.7. The summed E-state index contributed by atoms with van der Waals surface area (Å²) in [5.74, 6) is 0. The molecule has 0 radical (unpaired) electrons. The number of nitro groups is 1. The van der Waals surface area contributed by atoms with Crippen molar-refractivity contribution in [3.8, 4) is 0 Å². The van der Waals surface area contributed by atoms with Gasteiger partial charge in [-0.15, -0.1) is 0 Å². The lowest BCUT2D eigenvalue weighted by Gasteiger charge is -2.17. The zero-order valence-electron chi connectivity index (χ0n) is 12.3. The Bertz CT molecular complexity index is 844. The third-order valence-corrected chi connectivity index (χ3v) is 4.88. The van der Waals surface area contributed by atoms with Crippen LogP contribution < -0.4 is 4.72 Å². The van der Waals surface area contributed by atoms with Gasteiger partial charge >= 0.3 is 6.18 Å². The van der Waals surface area contributed by atoms with Crippen LogP contribution in [0.1, 0.15) is 11.1 Å². The van der Waals surface area contributed by atoms with Gasteiger partial charge in [-0.1, -0.05) is 46.4 Å². The highest BCUT2D eigenvalue weighted by atomic mass is 35.6. The van der Waals surface area contributed by atoms with Gasteiger partial charge in [0.1, 0.15) is 0 Å². The van der Waals surface area contributed by atoms with Crippen LogP contribution >= 0.6 is 58.4 Å². The van der Waals surface area contributed by atoms with Gasteiger partial charge in [-0.2, -0.15) is 13.2 Å². The molecule has 26 heavy (non-hydrogen) atoms. The predicted molar refractivity (Wildman–Crippen MR) is 98.3 cm³/mol. The number of hydrogen-bond donors (Lipinski definition) is 1. The highest BCUT2D eigenvalue weighted by Gasteiger charge is 2.31. The van der Waals surface area contributed by atoms with Crippen molar-refractivity contribution < 1.29 is 18.1 Å². The number of benzene rings is 2. The topological polar surface area (TPSA) is 55.2 Å². The summed E-state index contributed by atoms with van der Waals surface area (Å²) in [6.07, 6.45) is -4.54. The van der Waals surface area contributed by atoms with Crippen LogP contribution in [0.5, 0.6) is 0 Å². The maximum atomic E-state index is 12.8. The van der Waals surface area contributed by atoms with Crippen LogP contribution in [0.3, 0.4) is 0 Å². The highest BCUT2D eigenvalue weighted by Crippen LogP contribution is 2.45. The van der Waals surface area contributed by atoms with E-state index in [2.05, 4.69) is 4.72 Å². The second kappa shape index (κ2) is 7.90. The zero-order valence-corrected chi connectivity index (χ0v) is 16.1. The maximum absolute atomic E-state index is 12.8. The molecule has 0 fully saturated rings. The molecule has 0 aliphatic carbocycles. The molecule has 0 atom stereocenters. The van der Waals surface area contributed by atoms with Crippen LogP contribution in [0.15, 0.2) is 41.3 Å². The minimum Gasteiger partial charge on any atom is -0.324 e. The van der Waals surface area contributed by atoms with Gasteiger partial charge in [-0.3, -0.25) is 10.1 Å². The minimum absolute atomic E-state index is 0.00250. The number of hydrogen-bond acceptors (Lipinski definition) is 4. The summed E-state index contributed by atoms with van der Waals surface area (Å²) in [6.45, 7) is 0. The van der Waals surface area contributed by atoms with E-state index in [0.717, 1.165) is 36.2 Å². The van der Waals surface area contributed by atoms with Gasteiger partial charge in [0.05, 0.1) is 21.2 Å². The van der Waals surface area contributed by atoms with Gasteiger partial charge in [-0.25, -0.2) is 0 Å². The summed E-state index contributed by atoms with van der Waals surface area (Å²) in [6, 6.07) is 6.34. The minimum atomic E-state index is -4.54. The monoisotopic (exact) mass is 464 g/mol. The molecule has 2 aromatic carbocycles. The van der Waals surface area contributed by atoms with E-state index >= 15 is 0 Å². The summed E-state index contributed by atoms with van der Waals surface area (Å²) < 4.78 is 39.1. The maximum Gasteiger partial charge on any atom is 0.416 e. The number of anilines is 1. The van der Waals surface area contributed by atoms with Crippen LogP contribution in [-0.2, 0) is 9.97 Å². The molecule has 2 rings (SSSR count). The summed E-state index contributed by atoms with van der Waals surface area (Å²) in [5.41, 5.74) is -1.21. The van der Waals surface area contributed by atoms with Crippen LogP contribution in [0.2, 0.25) is 5.02 Å². The number of nitro benzene ring substituents is 1. The average molecular weight is 466 g/mol. The number of halogens is 7. The first-order chi connectivity index (χ1) is 11.9. The van der Waals surface area contributed by atoms with E-state index in [9.17, 15) is 23.3 Å². The van der Waals surface area contributed by atoms with Crippen LogP contribution in [0.25, 0.3) is 0 Å². The number of nitrogens with zero attached hydrogens (tertiary/aromatic N) is 1. The largest absolute Gasteiger partial charge is 0.416 e. The molecule has 0 saturated carbocycles. The molecule has 0 amide bonds. The smallest absolute Gasteiger partial charge is 0.324 e. The summed E-state index contributed by atoms with van der Waals surface area (Å²) >= 11 is 24.2. The number of alkyl halides is 6. The molecule has 2 aromatic rings. The molecule has 4 nitrogen and oxygen atoms in total. The number of non-ortho nitro benzene ring substituents is 1. The van der Waals surface area contributed by atoms with Gasteiger partial charge in [0, 0.05) is 22.6 Å². The van der Waals surface area contributed by atoms with Crippen molar-refractivity contribution in [3.05, 3.63) is 62.7 Å². The molecule has 0 unspecified atom stereocenters. The lowest BCUT2D eigenvalue weighted by Crippen LogP contribution is -2.06. The Kier molecular flexibility index (Phi) is 6.45. The normalized spacial score (nSPS) is 12.1. The van der Waals surface area contributed by atoms with Gasteiger partial charge in [0.2, 0.25) is 3.79 Å². The quantitative estimate of drug-likeness (QED) is 0.224. The van der Waals surface area contributed by atoms with Gasteiger partial charge in [0.15, 0.2) is 0 Å². The summed E-state index contributed by atoms with van der Waals surface area (Å²) in [5, 5.41) is 10.9. The Hall–Kier alpha value is -1.06. The molecule has 0 saturated heterocycles. The van der Waals surface area contributed by atoms with E-state index in [1.54, 1.807) is 0 Å². The molecular formula is C14H7Cl4F3N2O2S. The van der Waals surface area contributed by atoms with E-state index in [4.69, 9.17) is 46.4 Å². The van der Waals surface area contributed by atoms with Crippen molar-refractivity contribution in [3.63, 3.8) is 0 Å². The molecule has 0 heterocycles. The lowest BCUT2D eigenvalue weighted by molar-refractivity contribution is -0.385. The molecule has 12 heteroatoms. The fraction of sp³-hybridized carbons (Fsp3) is 0.143. The van der Waals surface area contributed by atoms with Crippen molar-refractivity contribution in [2.75, 3.05) is 4.72 Å². The second-order valence-electron chi connectivity index (χ2n) is 4.83. The van der Waals surface area contributed by atoms with Crippen molar-refractivity contribution in [2.24, 2.45) is 0 Å². The van der Waals surface area contributed by atoms with Gasteiger partial charge in [0.25, 0.3) is 5.69 Å². The van der Waals surface area contributed by atoms with Crippen LogP contribution in [0.4, 0.5) is 24.5 Å². The third kappa shape index (κ3) is 5.23. The Morgan fingerprint density at radius 2 is 1.73 bits per heavy atom. The predicted octanol–water partition coefficient (Wildman–Crippen LogP) is 7.21. The van der Waals surface area contributed by atoms with E-state index in [1.165, 1.54) is 12.1 Å². The molecule has 0 spiro atoms. The Balaban J connectivity index is 2.34. The Morgan fingerprint density at radius 3 is 2.27 bits per heavy atom. The fourth-order valence-corrected chi connectivity index (χ4v) is 3.54. The van der Waals surface area contributed by atoms with Crippen LogP contribution in [-0.4, -0.2) is 4.92 Å². The molecule has 0 bridgehead atoms. The first-order valence-electron chi connectivity index (χ1n) is 6.55. The number of rotatable bonds is 4. The van der Waals surface area contributed by atoms with E-state index < -0.39 is 20.5 Å². The van der Waals surface area contributed by atoms with Crippen molar-refractivity contribution in [1.29, 1.82) is 0 Å². The second-order valence-corrected chi connectivity index (χ2v) is 8.37. The number of nitrogens with one attached hydrogen (secondary N) is 1. The molecule has 0 aliphatic heterocycles. The summed E-state index contributed by atoms with van der Waals surface area (Å²) in [4.78, 5) is 10.5. The van der Waals surface area contributed by atoms with Crippen LogP contribution in [0, 0.1) is 10.1 Å². The molecule has 140 valence electrons. The molecule has 0 aliphatic rings. The molecule has 1 N–H and O–H groups in total. The third-order valence-electron chi connectivity index (χ3n) is 3.04. The lowest BCUT2D eigenvalue weighted by atomic mass is 10.2. The van der Waals surface area contributed by atoms with Gasteiger partial charge < -0.3 is 4.72 Å². The van der Waals surface area contributed by atoms with Crippen molar-refractivity contribution in [2.45, 2.75) is 14.9 Å². The van der Waals surface area contributed by atoms with Crippen molar-refractivity contribution >= 4 is 69.7 Å². The fourth-order valence-electron chi connectivity index (χ4n) is 1.83. The van der Waals surface area contributed by atoms with Gasteiger partial charge in [-0.05, 0) is 36.2 Å². The molecular weight excluding hydrogens is 459 g/mol. The van der Waals surface area contributed by atoms with E-state index in [-0.39, 0.29) is 26.9 Å².